The zero-order valence-electron chi connectivity index (χ0n) is 25.5. The van der Waals surface area contributed by atoms with Crippen LogP contribution >= 0.6 is 11.3 Å². The molecule has 11 aromatic rings. The van der Waals surface area contributed by atoms with Crippen LogP contribution in [-0.2, 0) is 0 Å². The molecule has 5 heterocycles. The number of pyridine rings is 1. The highest BCUT2D eigenvalue weighted by Crippen LogP contribution is 2.43. The first-order valence-corrected chi connectivity index (χ1v) is 16.8. The second-order valence-corrected chi connectivity index (χ2v) is 13.2. The monoisotopic (exact) mass is 632 g/mol. The number of fused-ring (bicyclic) bond motifs is 12. The smallest absolute Gasteiger partial charge is 0.220 e. The van der Waals surface area contributed by atoms with Gasteiger partial charge in [-0.25, -0.2) is 4.98 Å². The molecule has 11 rings (SSSR count). The Morgan fingerprint density at radius 3 is 2.19 bits per heavy atom. The Bertz CT molecular complexity index is 3090. The van der Waals surface area contributed by atoms with E-state index in [0.29, 0.717) is 0 Å². The highest BCUT2D eigenvalue weighted by Gasteiger charge is 2.23. The van der Waals surface area contributed by atoms with Crippen molar-refractivity contribution in [3.8, 4) is 28.1 Å². The molecule has 5 aromatic heterocycles. The summed E-state index contributed by atoms with van der Waals surface area (Å²) >= 11 is 1.81. The van der Waals surface area contributed by atoms with Crippen molar-refractivity contribution >= 4 is 81.3 Å². The standard InChI is InChI=1S/C42H24N4OS/c1-2-15-29(38-41-31(23-24-43-38)28-14-5-10-20-37(28)48-41)25(11-1)26-12-3-6-16-32(26)45-33-17-7-8-18-34(33)46-35-22-21-30-27-13-4-9-19-36(27)47-40(30)39(35)44-42(45)46/h1-24H. The fourth-order valence-corrected chi connectivity index (χ4v) is 8.75. The molecule has 224 valence electrons. The van der Waals surface area contributed by atoms with Crippen LogP contribution in [0.15, 0.2) is 150 Å². The van der Waals surface area contributed by atoms with Crippen molar-refractivity contribution in [2.24, 2.45) is 0 Å². The molecule has 0 amide bonds. The fourth-order valence-electron chi connectivity index (χ4n) is 7.55. The van der Waals surface area contributed by atoms with Gasteiger partial charge in [-0.15, -0.1) is 11.3 Å². The van der Waals surface area contributed by atoms with E-state index in [9.17, 15) is 0 Å². The third kappa shape index (κ3) is 3.44. The van der Waals surface area contributed by atoms with Gasteiger partial charge in [0, 0.05) is 43.6 Å². The van der Waals surface area contributed by atoms with Crippen LogP contribution in [0.2, 0.25) is 0 Å². The van der Waals surface area contributed by atoms with Gasteiger partial charge >= 0.3 is 0 Å². The molecular weight excluding hydrogens is 609 g/mol. The first-order valence-electron chi connectivity index (χ1n) is 16.0. The second kappa shape index (κ2) is 9.64. The lowest BCUT2D eigenvalue weighted by Crippen LogP contribution is -1.99. The van der Waals surface area contributed by atoms with Crippen molar-refractivity contribution in [3.63, 3.8) is 0 Å². The van der Waals surface area contributed by atoms with Crippen molar-refractivity contribution in [1.82, 2.24) is 18.9 Å². The molecule has 0 saturated heterocycles. The first-order chi connectivity index (χ1) is 23.8. The van der Waals surface area contributed by atoms with Crippen molar-refractivity contribution in [1.29, 1.82) is 0 Å². The normalized spacial score (nSPS) is 12.2. The lowest BCUT2D eigenvalue weighted by atomic mass is 9.95. The average Bonchev–Trinajstić information content (AvgIpc) is 3.90. The summed E-state index contributed by atoms with van der Waals surface area (Å²) in [6, 6.07) is 49.1. The highest BCUT2D eigenvalue weighted by atomic mass is 32.1. The molecule has 0 radical (unpaired) electrons. The van der Waals surface area contributed by atoms with Crippen LogP contribution in [0.5, 0.6) is 0 Å². The zero-order valence-corrected chi connectivity index (χ0v) is 26.3. The number of imidazole rings is 2. The summed E-state index contributed by atoms with van der Waals surface area (Å²) in [5.41, 5.74) is 11.1. The lowest BCUT2D eigenvalue weighted by Gasteiger charge is -2.15. The summed E-state index contributed by atoms with van der Waals surface area (Å²) < 4.78 is 13.5. The SMILES string of the molecule is c1ccc(-c2nccc3c2sc2ccccc23)c(-c2ccccc2-n2c3ccccc3n3c4ccc5c6ccccc6oc5c4nc23)c1. The summed E-state index contributed by atoms with van der Waals surface area (Å²) in [6.45, 7) is 0. The summed E-state index contributed by atoms with van der Waals surface area (Å²) in [6.07, 6.45) is 1.94. The van der Waals surface area contributed by atoms with E-state index in [1.54, 1.807) is 0 Å². The zero-order chi connectivity index (χ0) is 31.3. The van der Waals surface area contributed by atoms with Gasteiger partial charge in [-0.3, -0.25) is 14.0 Å². The van der Waals surface area contributed by atoms with Gasteiger partial charge in [0.25, 0.3) is 0 Å². The van der Waals surface area contributed by atoms with Gasteiger partial charge in [0.15, 0.2) is 5.58 Å². The molecule has 0 bridgehead atoms. The molecule has 5 nitrogen and oxygen atoms in total. The maximum absolute atomic E-state index is 6.45. The number of thiophene rings is 1. The Labute approximate surface area is 277 Å². The summed E-state index contributed by atoms with van der Waals surface area (Å²) in [4.78, 5) is 10.4. The van der Waals surface area contributed by atoms with Gasteiger partial charge < -0.3 is 4.42 Å². The largest absolute Gasteiger partial charge is 0.454 e. The topological polar surface area (TPSA) is 48.3 Å². The van der Waals surface area contributed by atoms with Gasteiger partial charge in [-0.05, 0) is 54.1 Å². The summed E-state index contributed by atoms with van der Waals surface area (Å²) in [7, 11) is 0. The van der Waals surface area contributed by atoms with E-state index in [-0.39, 0.29) is 0 Å². The van der Waals surface area contributed by atoms with Crippen LogP contribution in [0.3, 0.4) is 0 Å². The minimum atomic E-state index is 0.814. The minimum absolute atomic E-state index is 0.814. The van der Waals surface area contributed by atoms with Crippen molar-refractivity contribution in [2.45, 2.75) is 0 Å². The number of hydrogen-bond donors (Lipinski definition) is 0. The first kappa shape index (κ1) is 25.9. The molecule has 6 heteroatoms. The van der Waals surface area contributed by atoms with Crippen molar-refractivity contribution < 1.29 is 4.42 Å². The van der Waals surface area contributed by atoms with Crippen LogP contribution in [0.4, 0.5) is 0 Å². The van der Waals surface area contributed by atoms with Crippen LogP contribution < -0.4 is 0 Å². The number of para-hydroxylation sites is 4. The summed E-state index contributed by atoms with van der Waals surface area (Å²) in [5, 5.41) is 4.68. The molecule has 0 atom stereocenters. The number of benzene rings is 6. The second-order valence-electron chi connectivity index (χ2n) is 12.2. The van der Waals surface area contributed by atoms with Crippen LogP contribution in [0, 0.1) is 0 Å². The number of rotatable bonds is 3. The van der Waals surface area contributed by atoms with Gasteiger partial charge in [-0.2, -0.15) is 0 Å². The number of aromatic nitrogens is 4. The van der Waals surface area contributed by atoms with E-state index in [1.165, 1.54) is 20.2 Å². The van der Waals surface area contributed by atoms with E-state index in [0.717, 1.165) is 77.9 Å². The predicted octanol–water partition coefficient (Wildman–Crippen LogP) is 11.4. The van der Waals surface area contributed by atoms with Crippen molar-refractivity contribution in [2.75, 3.05) is 0 Å². The average molecular weight is 633 g/mol. The molecule has 0 N–H and O–H groups in total. The Morgan fingerprint density at radius 2 is 1.27 bits per heavy atom. The van der Waals surface area contributed by atoms with Gasteiger partial charge in [-0.1, -0.05) is 91.0 Å². The van der Waals surface area contributed by atoms with Crippen LogP contribution in [0.1, 0.15) is 0 Å². The Hall–Kier alpha value is -6.24. The molecule has 6 aromatic carbocycles. The van der Waals surface area contributed by atoms with E-state index < -0.39 is 0 Å². The predicted molar refractivity (Wildman–Crippen MR) is 198 cm³/mol. The van der Waals surface area contributed by atoms with E-state index in [2.05, 4.69) is 136 Å². The molecule has 0 saturated carbocycles. The highest BCUT2D eigenvalue weighted by molar-refractivity contribution is 7.26. The van der Waals surface area contributed by atoms with Gasteiger partial charge in [0.2, 0.25) is 5.78 Å². The van der Waals surface area contributed by atoms with Gasteiger partial charge in [0.05, 0.1) is 32.6 Å². The molecule has 0 spiro atoms. The maximum Gasteiger partial charge on any atom is 0.220 e. The van der Waals surface area contributed by atoms with Crippen molar-refractivity contribution in [3.05, 3.63) is 146 Å². The number of hydrogen-bond acceptors (Lipinski definition) is 4. The fraction of sp³-hybridized carbons (Fsp3) is 0. The number of nitrogens with zero attached hydrogens (tertiary/aromatic N) is 4. The maximum atomic E-state index is 6.45. The molecule has 0 aliphatic rings. The molecule has 48 heavy (non-hydrogen) atoms. The summed E-state index contributed by atoms with van der Waals surface area (Å²) in [5.74, 6) is 0.842. The molecule has 0 aliphatic heterocycles. The third-order valence-electron chi connectivity index (χ3n) is 9.63. The Balaban J connectivity index is 1.21. The Kier molecular flexibility index (Phi) is 5.20. The number of furan rings is 1. The van der Waals surface area contributed by atoms with Crippen LogP contribution in [0.25, 0.3) is 98.0 Å². The quantitative estimate of drug-likeness (QED) is 0.195. The Morgan fingerprint density at radius 1 is 0.542 bits per heavy atom. The lowest BCUT2D eigenvalue weighted by molar-refractivity contribution is 0.672. The van der Waals surface area contributed by atoms with E-state index >= 15 is 0 Å². The molecule has 0 unspecified atom stereocenters. The van der Waals surface area contributed by atoms with Crippen LogP contribution in [-0.4, -0.2) is 18.9 Å². The molecule has 0 fully saturated rings. The van der Waals surface area contributed by atoms with E-state index in [1.807, 2.05) is 29.7 Å². The molecule has 0 aliphatic carbocycles. The minimum Gasteiger partial charge on any atom is -0.454 e. The molecular formula is C42H24N4OS. The van der Waals surface area contributed by atoms with E-state index in [4.69, 9.17) is 14.4 Å². The third-order valence-corrected chi connectivity index (χ3v) is 10.8. The van der Waals surface area contributed by atoms with Gasteiger partial charge in [0.1, 0.15) is 11.1 Å².